The van der Waals surface area contributed by atoms with Crippen LogP contribution in [0.4, 0.5) is 0 Å². The number of epoxide rings is 1. The third-order valence-corrected chi connectivity index (χ3v) is 3.41. The quantitative estimate of drug-likeness (QED) is 0.448. The van der Waals surface area contributed by atoms with Gasteiger partial charge in [0.05, 0.1) is 11.7 Å². The minimum atomic E-state index is 0.453. The predicted molar refractivity (Wildman–Crippen MR) is 34.2 cm³/mol. The van der Waals surface area contributed by atoms with Gasteiger partial charge in [0.25, 0.3) is 0 Å². The Morgan fingerprint density at radius 2 is 2.00 bits per heavy atom. The fourth-order valence-corrected chi connectivity index (χ4v) is 2.66. The lowest BCUT2D eigenvalue weighted by Gasteiger charge is -2.31. The maximum atomic E-state index is 5.66. The van der Waals surface area contributed by atoms with E-state index in [0.717, 1.165) is 5.92 Å². The van der Waals surface area contributed by atoms with Crippen molar-refractivity contribution in [1.82, 2.24) is 0 Å². The van der Waals surface area contributed by atoms with E-state index >= 15 is 0 Å². The molecule has 1 heterocycles. The van der Waals surface area contributed by atoms with Crippen molar-refractivity contribution in [3.8, 4) is 0 Å². The Hall–Kier alpha value is -0.0400. The Morgan fingerprint density at radius 1 is 1.22 bits per heavy atom. The summed E-state index contributed by atoms with van der Waals surface area (Å²) in [7, 11) is 0. The molecule has 0 aromatic heterocycles. The van der Waals surface area contributed by atoms with Gasteiger partial charge in [0.15, 0.2) is 0 Å². The molecule has 1 unspecified atom stereocenters. The summed E-state index contributed by atoms with van der Waals surface area (Å²) in [5, 5.41) is 0. The van der Waals surface area contributed by atoms with Gasteiger partial charge in [-0.1, -0.05) is 0 Å². The first-order valence-electron chi connectivity index (χ1n) is 4.07. The maximum absolute atomic E-state index is 5.66. The average Bonchev–Trinajstić information content (AvgIpc) is 2.60. The highest BCUT2D eigenvalue weighted by atomic mass is 16.6. The van der Waals surface area contributed by atoms with Crippen molar-refractivity contribution in [3.05, 3.63) is 0 Å². The lowest BCUT2D eigenvalue weighted by Crippen LogP contribution is -2.30. The second kappa shape index (κ2) is 1.20. The van der Waals surface area contributed by atoms with E-state index in [0.29, 0.717) is 11.7 Å². The molecular formula is C8H12O. The van der Waals surface area contributed by atoms with E-state index in [1.54, 1.807) is 0 Å². The van der Waals surface area contributed by atoms with Crippen LogP contribution in [0.3, 0.4) is 0 Å². The molecule has 9 heavy (non-hydrogen) atoms. The van der Waals surface area contributed by atoms with E-state index in [-0.39, 0.29) is 0 Å². The third-order valence-electron chi connectivity index (χ3n) is 3.41. The van der Waals surface area contributed by atoms with Crippen LogP contribution in [0.5, 0.6) is 0 Å². The van der Waals surface area contributed by atoms with Gasteiger partial charge in [-0.3, -0.25) is 0 Å². The zero-order chi connectivity index (χ0) is 5.90. The molecule has 4 aliphatic rings. The lowest BCUT2D eigenvalue weighted by molar-refractivity contribution is 0.202. The van der Waals surface area contributed by atoms with E-state index in [1.807, 2.05) is 0 Å². The van der Waals surface area contributed by atoms with Crippen molar-refractivity contribution >= 4 is 0 Å². The Balaban J connectivity index is 1.97. The SMILES string of the molecule is C1CC23CCC1CC2O3. The van der Waals surface area contributed by atoms with Crippen molar-refractivity contribution < 1.29 is 4.74 Å². The number of rotatable bonds is 0. The van der Waals surface area contributed by atoms with Gasteiger partial charge in [0.1, 0.15) is 0 Å². The minimum Gasteiger partial charge on any atom is -0.366 e. The van der Waals surface area contributed by atoms with Crippen molar-refractivity contribution in [2.75, 3.05) is 0 Å². The van der Waals surface area contributed by atoms with Gasteiger partial charge >= 0.3 is 0 Å². The summed E-state index contributed by atoms with van der Waals surface area (Å²) in [6.07, 6.45) is 7.77. The van der Waals surface area contributed by atoms with Crippen molar-refractivity contribution in [2.24, 2.45) is 5.92 Å². The smallest absolute Gasteiger partial charge is 0.0948 e. The Morgan fingerprint density at radius 3 is 2.44 bits per heavy atom. The summed E-state index contributed by atoms with van der Waals surface area (Å²) in [5.74, 6) is 1.04. The van der Waals surface area contributed by atoms with Crippen molar-refractivity contribution in [3.63, 3.8) is 0 Å². The lowest BCUT2D eigenvalue weighted by atomic mass is 9.71. The first-order valence-corrected chi connectivity index (χ1v) is 4.07. The molecule has 0 amide bonds. The van der Waals surface area contributed by atoms with Gasteiger partial charge in [0.2, 0.25) is 0 Å². The molecule has 3 aliphatic carbocycles. The largest absolute Gasteiger partial charge is 0.366 e. The van der Waals surface area contributed by atoms with Gasteiger partial charge in [-0.25, -0.2) is 0 Å². The molecule has 50 valence electrons. The second-order valence-electron chi connectivity index (χ2n) is 3.85. The van der Waals surface area contributed by atoms with Gasteiger partial charge in [-0.05, 0) is 38.0 Å². The normalized spacial score (nSPS) is 61.3. The van der Waals surface area contributed by atoms with Crippen LogP contribution in [0.1, 0.15) is 32.1 Å². The van der Waals surface area contributed by atoms with Gasteiger partial charge in [-0.2, -0.15) is 0 Å². The van der Waals surface area contributed by atoms with Crippen LogP contribution in [-0.2, 0) is 4.74 Å². The van der Waals surface area contributed by atoms with E-state index in [1.165, 1.54) is 32.1 Å². The summed E-state index contributed by atoms with van der Waals surface area (Å²) in [5.41, 5.74) is 0.453. The Kier molecular flexibility index (Phi) is 0.628. The van der Waals surface area contributed by atoms with Crippen LogP contribution in [0.15, 0.2) is 0 Å². The highest BCUT2D eigenvalue weighted by molar-refractivity contribution is 5.10. The topological polar surface area (TPSA) is 12.5 Å². The first kappa shape index (κ1) is 4.73. The molecular weight excluding hydrogens is 112 g/mol. The van der Waals surface area contributed by atoms with Crippen LogP contribution in [0.2, 0.25) is 0 Å². The average molecular weight is 124 g/mol. The predicted octanol–water partition coefficient (Wildman–Crippen LogP) is 1.72. The summed E-state index contributed by atoms with van der Waals surface area (Å²) in [4.78, 5) is 0. The third kappa shape index (κ3) is 0.454. The number of hydrogen-bond acceptors (Lipinski definition) is 1. The number of ether oxygens (including phenoxy) is 1. The summed E-state index contributed by atoms with van der Waals surface area (Å²) < 4.78 is 5.66. The maximum Gasteiger partial charge on any atom is 0.0948 e. The first-order chi connectivity index (χ1) is 4.39. The summed E-state index contributed by atoms with van der Waals surface area (Å²) in [6, 6.07) is 0. The number of hydrogen-bond donors (Lipinski definition) is 0. The second-order valence-corrected chi connectivity index (χ2v) is 3.85. The zero-order valence-electron chi connectivity index (χ0n) is 5.60. The van der Waals surface area contributed by atoms with Gasteiger partial charge in [0, 0.05) is 0 Å². The monoisotopic (exact) mass is 124 g/mol. The standard InChI is InChI=1S/C8H12O/c1-3-8-4-2-6(1)5-7(8)9-8/h6-7H,1-5H2. The van der Waals surface area contributed by atoms with Crippen LogP contribution < -0.4 is 0 Å². The molecule has 4 fully saturated rings. The molecule has 1 nitrogen and oxygen atoms in total. The molecule has 1 atom stereocenters. The molecule has 0 radical (unpaired) electrons. The molecule has 1 heteroatoms. The van der Waals surface area contributed by atoms with Crippen LogP contribution in [-0.4, -0.2) is 11.7 Å². The van der Waals surface area contributed by atoms with Crippen LogP contribution in [0.25, 0.3) is 0 Å². The van der Waals surface area contributed by atoms with Crippen LogP contribution in [0, 0.1) is 5.92 Å². The molecule has 1 aliphatic heterocycles. The highest BCUT2D eigenvalue weighted by Gasteiger charge is 2.61. The highest BCUT2D eigenvalue weighted by Crippen LogP contribution is 2.58. The molecule has 2 bridgehead atoms. The fraction of sp³-hybridized carbons (Fsp3) is 1.00. The molecule has 4 rings (SSSR count). The Labute approximate surface area is 55.4 Å². The van der Waals surface area contributed by atoms with Crippen LogP contribution >= 0.6 is 0 Å². The summed E-state index contributed by atoms with van der Waals surface area (Å²) >= 11 is 0. The fourth-order valence-electron chi connectivity index (χ4n) is 2.66. The molecule has 1 saturated heterocycles. The van der Waals surface area contributed by atoms with Crippen molar-refractivity contribution in [2.45, 2.75) is 43.8 Å². The molecule has 1 spiro atoms. The molecule has 3 saturated carbocycles. The number of fused-ring (bicyclic) bond motifs is 2. The van der Waals surface area contributed by atoms with Gasteiger partial charge in [-0.15, -0.1) is 0 Å². The Bertz CT molecular complexity index is 142. The molecule has 0 N–H and O–H groups in total. The molecule has 0 aromatic rings. The molecule has 0 aromatic carbocycles. The minimum absolute atomic E-state index is 0.453. The van der Waals surface area contributed by atoms with Gasteiger partial charge < -0.3 is 4.74 Å². The van der Waals surface area contributed by atoms with E-state index in [2.05, 4.69) is 0 Å². The van der Waals surface area contributed by atoms with E-state index in [9.17, 15) is 0 Å². The zero-order valence-corrected chi connectivity index (χ0v) is 5.60. The van der Waals surface area contributed by atoms with E-state index in [4.69, 9.17) is 4.74 Å². The van der Waals surface area contributed by atoms with Crippen molar-refractivity contribution in [1.29, 1.82) is 0 Å². The van der Waals surface area contributed by atoms with E-state index < -0.39 is 0 Å². The summed E-state index contributed by atoms with van der Waals surface area (Å²) in [6.45, 7) is 0.